The van der Waals surface area contributed by atoms with Gasteiger partial charge in [0.05, 0.1) is 17.2 Å². The van der Waals surface area contributed by atoms with Gasteiger partial charge in [-0.2, -0.15) is 9.78 Å². The van der Waals surface area contributed by atoms with Gasteiger partial charge in [0.15, 0.2) is 5.65 Å². The second kappa shape index (κ2) is 7.29. The molecule has 9 heteroatoms. The number of aromatic nitrogens is 3. The molecule has 0 atom stereocenters. The summed E-state index contributed by atoms with van der Waals surface area (Å²) in [5.74, 6) is -0.0254. The van der Waals surface area contributed by atoms with E-state index in [1.165, 1.54) is 4.68 Å². The number of fused-ring (bicyclic) bond motifs is 2. The first kappa shape index (κ1) is 19.4. The number of benzene rings is 2. The molecule has 0 saturated heterocycles. The molecule has 0 saturated carbocycles. The van der Waals surface area contributed by atoms with Gasteiger partial charge in [0.1, 0.15) is 20.4 Å². The third-order valence-corrected chi connectivity index (χ3v) is 8.04. The molecule has 0 bridgehead atoms. The largest absolute Gasteiger partial charge is 0.382 e. The summed E-state index contributed by atoms with van der Waals surface area (Å²) in [6.45, 7) is 1.99. The highest BCUT2D eigenvalue weighted by Gasteiger charge is 2.31. The van der Waals surface area contributed by atoms with Crippen molar-refractivity contribution < 1.29 is 8.42 Å². The lowest BCUT2D eigenvalue weighted by Gasteiger charge is -2.02. The highest BCUT2D eigenvalue weighted by Crippen LogP contribution is 2.36. The van der Waals surface area contributed by atoms with Crippen molar-refractivity contribution in [2.75, 3.05) is 5.73 Å². The molecule has 0 aliphatic heterocycles. The number of hydrogen-bond donors (Lipinski definition) is 1. The smallest absolute Gasteiger partial charge is 0.221 e. The first-order valence-corrected chi connectivity index (χ1v) is 11.8. The van der Waals surface area contributed by atoms with Crippen LogP contribution in [-0.2, 0) is 9.84 Å². The molecule has 0 radical (unpaired) electrons. The lowest BCUT2D eigenvalue weighted by Crippen LogP contribution is -2.05. The Kier molecular flexibility index (Phi) is 4.57. The van der Waals surface area contributed by atoms with Crippen molar-refractivity contribution in [2.45, 2.75) is 16.0 Å². The number of hydrogen-bond acceptors (Lipinski definition) is 7. The van der Waals surface area contributed by atoms with Gasteiger partial charge in [0.25, 0.3) is 0 Å². The molecule has 5 aromatic rings. The van der Waals surface area contributed by atoms with E-state index < -0.39 is 9.84 Å². The molecule has 0 unspecified atom stereocenters. The third-order valence-electron chi connectivity index (χ3n) is 4.82. The van der Waals surface area contributed by atoms with Gasteiger partial charge < -0.3 is 5.73 Å². The average molecular weight is 448 g/mol. The van der Waals surface area contributed by atoms with Gasteiger partial charge in [-0.1, -0.05) is 48.0 Å². The predicted molar refractivity (Wildman–Crippen MR) is 123 cm³/mol. The Balaban J connectivity index is 1.81. The normalized spacial score (nSPS) is 12.3. The molecule has 0 fully saturated rings. The van der Waals surface area contributed by atoms with Gasteiger partial charge in [-0.15, -0.1) is 11.3 Å². The van der Waals surface area contributed by atoms with Crippen molar-refractivity contribution in [1.82, 2.24) is 14.6 Å². The SMILES string of the molecule is Cc1cccc(/C=N\n2c(N)c(S(=O)(=O)c3cccs3)c3nc4ccccc4nc32)c1. The van der Waals surface area contributed by atoms with E-state index >= 15 is 0 Å². The number of rotatable bonds is 4. The Hall–Kier alpha value is -3.56. The summed E-state index contributed by atoms with van der Waals surface area (Å²) in [6, 6.07) is 18.3. The Bertz CT molecular complexity index is 1570. The number of nitrogen functional groups attached to an aromatic ring is 1. The van der Waals surface area contributed by atoms with Gasteiger partial charge in [-0.3, -0.25) is 0 Å². The zero-order chi connectivity index (χ0) is 21.6. The van der Waals surface area contributed by atoms with Crippen molar-refractivity contribution in [1.29, 1.82) is 0 Å². The molecular weight excluding hydrogens is 430 g/mol. The Labute approximate surface area is 182 Å². The maximum Gasteiger partial charge on any atom is 0.221 e. The molecule has 0 spiro atoms. The maximum absolute atomic E-state index is 13.4. The van der Waals surface area contributed by atoms with Crippen molar-refractivity contribution in [3.8, 4) is 0 Å². The van der Waals surface area contributed by atoms with E-state index in [2.05, 4.69) is 15.1 Å². The molecule has 154 valence electrons. The second-order valence-corrected chi connectivity index (χ2v) is 10.1. The second-order valence-electron chi connectivity index (χ2n) is 7.00. The fraction of sp³-hybridized carbons (Fsp3) is 0.0455. The number of thiophene rings is 1. The van der Waals surface area contributed by atoms with E-state index in [-0.39, 0.29) is 26.1 Å². The van der Waals surface area contributed by atoms with E-state index in [4.69, 9.17) is 5.73 Å². The van der Waals surface area contributed by atoms with Crippen molar-refractivity contribution >= 4 is 55.4 Å². The van der Waals surface area contributed by atoms with Crippen LogP contribution >= 0.6 is 11.3 Å². The lowest BCUT2D eigenvalue weighted by molar-refractivity contribution is 0.599. The van der Waals surface area contributed by atoms with Crippen LogP contribution in [-0.4, -0.2) is 29.3 Å². The van der Waals surface area contributed by atoms with Crippen LogP contribution in [0.3, 0.4) is 0 Å². The van der Waals surface area contributed by atoms with Crippen LogP contribution in [0, 0.1) is 6.92 Å². The summed E-state index contributed by atoms with van der Waals surface area (Å²) < 4.78 is 28.3. The predicted octanol–water partition coefficient (Wildman–Crippen LogP) is 4.25. The Morgan fingerprint density at radius 3 is 2.52 bits per heavy atom. The molecule has 0 aliphatic rings. The zero-order valence-corrected chi connectivity index (χ0v) is 18.1. The molecule has 3 heterocycles. The van der Waals surface area contributed by atoms with Crippen molar-refractivity contribution in [2.24, 2.45) is 5.10 Å². The highest BCUT2D eigenvalue weighted by molar-refractivity contribution is 7.93. The summed E-state index contributed by atoms with van der Waals surface area (Å²) in [5, 5.41) is 6.18. The molecule has 2 aromatic carbocycles. The number of sulfone groups is 1. The summed E-state index contributed by atoms with van der Waals surface area (Å²) in [7, 11) is -3.89. The molecule has 0 amide bonds. The summed E-state index contributed by atoms with van der Waals surface area (Å²) in [5.41, 5.74) is 10.00. The maximum atomic E-state index is 13.4. The lowest BCUT2D eigenvalue weighted by atomic mass is 10.2. The van der Waals surface area contributed by atoms with E-state index in [1.54, 1.807) is 29.8 Å². The topological polar surface area (TPSA) is 103 Å². The first-order valence-electron chi connectivity index (χ1n) is 9.41. The number of nitrogens with zero attached hydrogens (tertiary/aromatic N) is 4. The molecule has 3 aromatic heterocycles. The van der Waals surface area contributed by atoms with E-state index in [1.807, 2.05) is 49.4 Å². The molecule has 31 heavy (non-hydrogen) atoms. The van der Waals surface area contributed by atoms with Crippen LogP contribution in [0.15, 0.2) is 80.2 Å². The van der Waals surface area contributed by atoms with Gasteiger partial charge in [-0.05, 0) is 36.1 Å². The first-order chi connectivity index (χ1) is 14.9. The number of nitrogens with two attached hydrogens (primary N) is 1. The van der Waals surface area contributed by atoms with Crippen molar-refractivity contribution in [3.63, 3.8) is 0 Å². The summed E-state index contributed by atoms with van der Waals surface area (Å²) in [6.07, 6.45) is 1.63. The minimum absolute atomic E-state index is 0.0254. The minimum atomic E-state index is -3.89. The molecule has 5 rings (SSSR count). The van der Waals surface area contributed by atoms with Gasteiger partial charge >= 0.3 is 0 Å². The zero-order valence-electron chi connectivity index (χ0n) is 16.4. The van der Waals surface area contributed by atoms with Gasteiger partial charge in [0, 0.05) is 0 Å². The molecule has 7 nitrogen and oxygen atoms in total. The molecule has 2 N–H and O–H groups in total. The van der Waals surface area contributed by atoms with Crippen LogP contribution in [0.25, 0.3) is 22.2 Å². The van der Waals surface area contributed by atoms with E-state index in [0.717, 1.165) is 22.5 Å². The van der Waals surface area contributed by atoms with Crippen LogP contribution in [0.1, 0.15) is 11.1 Å². The Morgan fingerprint density at radius 1 is 1.03 bits per heavy atom. The van der Waals surface area contributed by atoms with Crippen LogP contribution < -0.4 is 5.73 Å². The van der Waals surface area contributed by atoms with E-state index in [0.29, 0.717) is 11.0 Å². The minimum Gasteiger partial charge on any atom is -0.382 e. The standard InChI is InChI=1S/C22H17N5O2S2/c1-14-6-4-7-15(12-14)13-24-27-21(23)20(31(28,29)18-10-5-11-30-18)19-22(27)26-17-9-3-2-8-16(17)25-19/h2-13H,23H2,1H3/b24-13-. The highest BCUT2D eigenvalue weighted by atomic mass is 32.2. The molecule has 0 aliphatic carbocycles. The third kappa shape index (κ3) is 3.28. The number of aryl methyl sites for hydroxylation is 1. The number of para-hydroxylation sites is 2. The van der Waals surface area contributed by atoms with Crippen LogP contribution in [0.2, 0.25) is 0 Å². The van der Waals surface area contributed by atoms with Crippen LogP contribution in [0.4, 0.5) is 5.82 Å². The molecular formula is C22H17N5O2S2. The van der Waals surface area contributed by atoms with E-state index in [9.17, 15) is 8.42 Å². The van der Waals surface area contributed by atoms with Gasteiger partial charge in [0.2, 0.25) is 9.84 Å². The summed E-state index contributed by atoms with van der Waals surface area (Å²) >= 11 is 1.13. The van der Waals surface area contributed by atoms with Crippen LogP contribution in [0.5, 0.6) is 0 Å². The quantitative estimate of drug-likeness (QED) is 0.415. The monoisotopic (exact) mass is 447 g/mol. The number of anilines is 1. The fourth-order valence-electron chi connectivity index (χ4n) is 3.40. The summed E-state index contributed by atoms with van der Waals surface area (Å²) in [4.78, 5) is 9.14. The van der Waals surface area contributed by atoms with Crippen molar-refractivity contribution in [3.05, 3.63) is 77.2 Å². The average Bonchev–Trinajstić information content (AvgIpc) is 3.38. The Morgan fingerprint density at radius 2 is 1.81 bits per heavy atom. The van der Waals surface area contributed by atoms with Gasteiger partial charge in [-0.25, -0.2) is 18.4 Å². The fourth-order valence-corrected chi connectivity index (χ4v) is 5.98.